The number of fused-ring (bicyclic) bond motifs is 2. The molecule has 2 aromatic heterocycles. The van der Waals surface area contributed by atoms with Crippen LogP contribution in [0.4, 0.5) is 5.13 Å². The van der Waals surface area contributed by atoms with Crippen molar-refractivity contribution in [2.45, 2.75) is 33.7 Å². The number of anilines is 1. The first-order valence-electron chi connectivity index (χ1n) is 12.1. The van der Waals surface area contributed by atoms with Crippen LogP contribution in [0.5, 0.6) is 5.75 Å². The monoisotopic (exact) mass is 530 g/mol. The number of carbonyl (C=O) groups is 2. The standard InChI is InChI=1S/C29H26N2O6S/c1-6-11-36-28(34)26-17(5)30-29(38-26)31-23(18-9-8-10-19(14-18)35-7-2)22-24(32)20-12-15(3)16(4)13-21(20)37-25(22)27(31)33/h6,8-10,12-14,23H,1,7,11H2,2-5H3. The second kappa shape index (κ2) is 9.90. The molecule has 1 amide bonds. The van der Waals surface area contributed by atoms with Crippen molar-refractivity contribution in [1.82, 2.24) is 4.98 Å². The maximum Gasteiger partial charge on any atom is 0.350 e. The summed E-state index contributed by atoms with van der Waals surface area (Å²) in [6.07, 6.45) is 1.47. The largest absolute Gasteiger partial charge is 0.494 e. The van der Waals surface area contributed by atoms with Crippen molar-refractivity contribution in [2.24, 2.45) is 0 Å². The van der Waals surface area contributed by atoms with Crippen LogP contribution in [0.25, 0.3) is 11.0 Å². The summed E-state index contributed by atoms with van der Waals surface area (Å²) in [7, 11) is 0. The number of benzene rings is 2. The van der Waals surface area contributed by atoms with Crippen LogP contribution < -0.4 is 15.1 Å². The molecule has 4 aromatic rings. The minimum atomic E-state index is -0.831. The molecular formula is C29H26N2O6S. The molecule has 2 aromatic carbocycles. The molecular weight excluding hydrogens is 504 g/mol. The molecule has 1 aliphatic heterocycles. The van der Waals surface area contributed by atoms with Crippen molar-refractivity contribution in [1.29, 1.82) is 0 Å². The van der Waals surface area contributed by atoms with Gasteiger partial charge in [0.05, 0.1) is 29.3 Å². The van der Waals surface area contributed by atoms with Gasteiger partial charge in [-0.1, -0.05) is 36.1 Å². The summed E-state index contributed by atoms with van der Waals surface area (Å²) >= 11 is 1.03. The number of amides is 1. The molecule has 0 aliphatic carbocycles. The number of hydrogen-bond acceptors (Lipinski definition) is 8. The Hall–Kier alpha value is -4.24. The van der Waals surface area contributed by atoms with E-state index >= 15 is 0 Å². The van der Waals surface area contributed by atoms with Crippen LogP contribution in [0, 0.1) is 20.8 Å². The average Bonchev–Trinajstić information content (AvgIpc) is 3.41. The zero-order valence-corrected chi connectivity index (χ0v) is 22.3. The maximum absolute atomic E-state index is 13.9. The Bertz CT molecular complexity index is 1670. The first-order valence-corrected chi connectivity index (χ1v) is 13.0. The molecule has 0 bridgehead atoms. The molecule has 1 aliphatic rings. The molecule has 194 valence electrons. The number of ether oxygens (including phenoxy) is 2. The molecule has 5 rings (SSSR count). The average molecular weight is 531 g/mol. The van der Waals surface area contributed by atoms with Crippen molar-refractivity contribution >= 4 is 39.3 Å². The van der Waals surface area contributed by atoms with Crippen molar-refractivity contribution in [3.8, 4) is 5.75 Å². The first-order chi connectivity index (χ1) is 18.2. The van der Waals surface area contributed by atoms with Crippen molar-refractivity contribution < 1.29 is 23.5 Å². The van der Waals surface area contributed by atoms with E-state index in [4.69, 9.17) is 13.9 Å². The SMILES string of the molecule is C=CCOC(=O)c1sc(N2C(=O)c3oc4cc(C)c(C)cc4c(=O)c3C2c2cccc(OCC)c2)nc1C. The van der Waals surface area contributed by atoms with Gasteiger partial charge >= 0.3 is 5.97 Å². The Morgan fingerprint density at radius 1 is 1.18 bits per heavy atom. The molecule has 1 atom stereocenters. The third-order valence-electron chi connectivity index (χ3n) is 6.48. The van der Waals surface area contributed by atoms with Gasteiger partial charge in [0.1, 0.15) is 22.8 Å². The van der Waals surface area contributed by atoms with Gasteiger partial charge in [-0.2, -0.15) is 0 Å². The molecule has 1 unspecified atom stereocenters. The minimum absolute atomic E-state index is 0.0406. The van der Waals surface area contributed by atoms with Gasteiger partial charge < -0.3 is 13.9 Å². The molecule has 38 heavy (non-hydrogen) atoms. The van der Waals surface area contributed by atoms with E-state index in [1.165, 1.54) is 11.0 Å². The third kappa shape index (κ3) is 4.18. The zero-order chi connectivity index (χ0) is 27.1. The highest BCUT2D eigenvalue weighted by atomic mass is 32.1. The summed E-state index contributed by atoms with van der Waals surface area (Å²) in [4.78, 5) is 46.7. The van der Waals surface area contributed by atoms with Crippen LogP contribution in [0.15, 0.2) is 58.3 Å². The number of hydrogen-bond donors (Lipinski definition) is 0. The molecule has 0 saturated heterocycles. The first kappa shape index (κ1) is 25.4. The maximum atomic E-state index is 13.9. The van der Waals surface area contributed by atoms with Gasteiger partial charge in [-0.3, -0.25) is 14.5 Å². The fraction of sp³-hybridized carbons (Fsp3) is 0.241. The highest BCUT2D eigenvalue weighted by Crippen LogP contribution is 2.44. The van der Waals surface area contributed by atoms with Gasteiger partial charge in [-0.15, -0.1) is 0 Å². The van der Waals surface area contributed by atoms with Gasteiger partial charge in [0.2, 0.25) is 5.76 Å². The number of esters is 1. The predicted octanol–water partition coefficient (Wildman–Crippen LogP) is 5.67. The predicted molar refractivity (Wildman–Crippen MR) is 146 cm³/mol. The van der Waals surface area contributed by atoms with Crippen molar-refractivity contribution in [2.75, 3.05) is 18.1 Å². The van der Waals surface area contributed by atoms with E-state index in [0.717, 1.165) is 22.5 Å². The van der Waals surface area contributed by atoms with Crippen LogP contribution in [0.3, 0.4) is 0 Å². The molecule has 8 nitrogen and oxygen atoms in total. The van der Waals surface area contributed by atoms with Gasteiger partial charge in [0.25, 0.3) is 5.91 Å². The Morgan fingerprint density at radius 2 is 1.95 bits per heavy atom. The van der Waals surface area contributed by atoms with Crippen molar-refractivity contribution in [3.05, 3.63) is 97.9 Å². The lowest BCUT2D eigenvalue weighted by Crippen LogP contribution is -2.29. The van der Waals surface area contributed by atoms with E-state index < -0.39 is 17.9 Å². The summed E-state index contributed by atoms with van der Waals surface area (Å²) in [5.41, 5.74) is 3.25. The molecule has 0 fully saturated rings. The molecule has 3 heterocycles. The minimum Gasteiger partial charge on any atom is -0.494 e. The summed E-state index contributed by atoms with van der Waals surface area (Å²) in [6, 6.07) is 9.98. The van der Waals surface area contributed by atoms with Gasteiger partial charge in [0, 0.05) is 0 Å². The summed E-state index contributed by atoms with van der Waals surface area (Å²) in [5, 5.41) is 0.656. The van der Waals surface area contributed by atoms with Crippen LogP contribution >= 0.6 is 11.3 Å². The highest BCUT2D eigenvalue weighted by molar-refractivity contribution is 7.17. The number of carbonyl (C=O) groups excluding carboxylic acids is 2. The van der Waals surface area contributed by atoms with Crippen LogP contribution in [0.1, 0.15) is 61.1 Å². The van der Waals surface area contributed by atoms with Gasteiger partial charge in [-0.25, -0.2) is 9.78 Å². The Morgan fingerprint density at radius 3 is 2.68 bits per heavy atom. The lowest BCUT2D eigenvalue weighted by molar-refractivity contribution is 0.0554. The van der Waals surface area contributed by atoms with Gasteiger partial charge in [0.15, 0.2) is 10.6 Å². The van der Waals surface area contributed by atoms with Crippen LogP contribution in [-0.2, 0) is 4.74 Å². The molecule has 0 N–H and O–H groups in total. The number of aromatic nitrogens is 1. The number of thiazole rings is 1. The highest BCUT2D eigenvalue weighted by Gasteiger charge is 2.45. The van der Waals surface area contributed by atoms with E-state index in [0.29, 0.717) is 34.6 Å². The van der Waals surface area contributed by atoms with E-state index in [-0.39, 0.29) is 33.4 Å². The summed E-state index contributed by atoms with van der Waals surface area (Å²) < 4.78 is 17.0. The second-order valence-electron chi connectivity index (χ2n) is 8.99. The number of nitrogens with zero attached hydrogens (tertiary/aromatic N) is 2. The van der Waals surface area contributed by atoms with Crippen molar-refractivity contribution in [3.63, 3.8) is 0 Å². The lowest BCUT2D eigenvalue weighted by atomic mass is 9.97. The fourth-order valence-electron chi connectivity index (χ4n) is 4.56. The molecule has 9 heteroatoms. The number of aryl methyl sites for hydroxylation is 3. The smallest absolute Gasteiger partial charge is 0.350 e. The lowest BCUT2D eigenvalue weighted by Gasteiger charge is -2.23. The van der Waals surface area contributed by atoms with Crippen LogP contribution in [-0.4, -0.2) is 30.1 Å². The normalized spacial score (nSPS) is 14.6. The quantitative estimate of drug-likeness (QED) is 0.224. The van der Waals surface area contributed by atoms with Crippen LogP contribution in [0.2, 0.25) is 0 Å². The summed E-state index contributed by atoms with van der Waals surface area (Å²) in [6.45, 7) is 11.5. The fourth-order valence-corrected chi connectivity index (χ4v) is 5.54. The number of rotatable bonds is 7. The van der Waals surface area contributed by atoms with E-state index in [2.05, 4.69) is 11.6 Å². The van der Waals surface area contributed by atoms with E-state index in [1.54, 1.807) is 25.1 Å². The molecule has 0 radical (unpaired) electrons. The van der Waals surface area contributed by atoms with E-state index in [1.807, 2.05) is 39.0 Å². The molecule has 0 saturated carbocycles. The molecule has 0 spiro atoms. The third-order valence-corrected chi connectivity index (χ3v) is 7.62. The topological polar surface area (TPSA) is 98.9 Å². The zero-order valence-electron chi connectivity index (χ0n) is 21.5. The Labute approximate surface area is 223 Å². The summed E-state index contributed by atoms with van der Waals surface area (Å²) in [5.74, 6) is -0.507. The Kier molecular flexibility index (Phi) is 6.62. The van der Waals surface area contributed by atoms with Gasteiger partial charge in [-0.05, 0) is 68.7 Å². The Balaban J connectivity index is 1.73. The van der Waals surface area contributed by atoms with E-state index in [9.17, 15) is 14.4 Å². The second-order valence-corrected chi connectivity index (χ2v) is 9.97.